The van der Waals surface area contributed by atoms with Crippen molar-refractivity contribution in [3.63, 3.8) is 0 Å². The van der Waals surface area contributed by atoms with Gasteiger partial charge in [0.2, 0.25) is 5.91 Å². The van der Waals surface area contributed by atoms with Crippen LogP contribution in [0.2, 0.25) is 10.0 Å². The number of carbonyl (C=O) groups is 1. The van der Waals surface area contributed by atoms with Crippen molar-refractivity contribution in [1.29, 1.82) is 0 Å². The molecule has 110 valence electrons. The summed E-state index contributed by atoms with van der Waals surface area (Å²) in [4.78, 5) is 15.5. The first-order valence-electron chi connectivity index (χ1n) is 6.53. The van der Waals surface area contributed by atoms with Gasteiger partial charge in [0.15, 0.2) is 0 Å². The molecule has 21 heavy (non-hydrogen) atoms. The Morgan fingerprint density at radius 2 is 2.19 bits per heavy atom. The third kappa shape index (κ3) is 3.39. The Hall–Kier alpha value is -0.680. The Labute approximate surface area is 142 Å². The van der Waals surface area contributed by atoms with E-state index in [2.05, 4.69) is 0 Å². The van der Waals surface area contributed by atoms with Crippen molar-refractivity contribution < 1.29 is 4.79 Å². The summed E-state index contributed by atoms with van der Waals surface area (Å²) in [6, 6.07) is 9.44. The Bertz CT molecular complexity index is 645. The third-order valence-electron chi connectivity index (χ3n) is 3.35. The van der Waals surface area contributed by atoms with E-state index in [4.69, 9.17) is 23.2 Å². The van der Waals surface area contributed by atoms with Crippen LogP contribution in [0.1, 0.15) is 15.8 Å². The molecule has 1 saturated heterocycles. The number of carbonyl (C=O) groups excluding carboxylic acids is 1. The number of rotatable bonds is 3. The van der Waals surface area contributed by atoms with Crippen molar-refractivity contribution in [1.82, 2.24) is 4.90 Å². The number of hydrogen-bond acceptors (Lipinski definition) is 3. The lowest BCUT2D eigenvalue weighted by molar-refractivity contribution is -0.130. The van der Waals surface area contributed by atoms with E-state index < -0.39 is 0 Å². The molecule has 6 heteroatoms. The first-order chi connectivity index (χ1) is 10.1. The van der Waals surface area contributed by atoms with Gasteiger partial charge in [-0.25, -0.2) is 0 Å². The number of hydrogen-bond donors (Lipinski definition) is 0. The van der Waals surface area contributed by atoms with E-state index in [0.717, 1.165) is 22.7 Å². The van der Waals surface area contributed by atoms with E-state index in [-0.39, 0.29) is 11.3 Å². The van der Waals surface area contributed by atoms with Crippen LogP contribution in [-0.4, -0.2) is 23.1 Å². The zero-order valence-electron chi connectivity index (χ0n) is 11.1. The molecule has 1 atom stereocenters. The number of thiophene rings is 1. The Kier molecular flexibility index (Phi) is 4.79. The molecular weight excluding hydrogens is 345 g/mol. The monoisotopic (exact) mass is 357 g/mol. The summed E-state index contributed by atoms with van der Waals surface area (Å²) in [7, 11) is 0. The topological polar surface area (TPSA) is 20.3 Å². The van der Waals surface area contributed by atoms with Gasteiger partial charge in [-0.05, 0) is 23.6 Å². The van der Waals surface area contributed by atoms with E-state index in [0.29, 0.717) is 16.5 Å². The largest absolute Gasteiger partial charge is 0.325 e. The molecule has 0 saturated carbocycles. The van der Waals surface area contributed by atoms with E-state index >= 15 is 0 Å². The van der Waals surface area contributed by atoms with E-state index in [1.165, 1.54) is 0 Å². The molecule has 2 nitrogen and oxygen atoms in total. The third-order valence-corrected chi connectivity index (χ3v) is 6.03. The lowest BCUT2D eigenvalue weighted by atomic mass is 10.2. The van der Waals surface area contributed by atoms with Crippen LogP contribution in [-0.2, 0) is 11.2 Å². The Morgan fingerprint density at radius 3 is 2.90 bits per heavy atom. The molecule has 2 heterocycles. The standard InChI is InChI=1S/C15H13Cl2NOS2/c16-10-3-4-12(13(17)8-10)15-18(5-7-21-15)14(19)9-11-2-1-6-20-11/h1-4,6,8,15H,5,7,9H2/t15-/m1/s1. The van der Waals surface area contributed by atoms with Crippen LogP contribution < -0.4 is 0 Å². The second-order valence-corrected chi connectivity index (χ2v) is 7.80. The highest BCUT2D eigenvalue weighted by Gasteiger charge is 2.31. The number of amides is 1. The molecule has 0 spiro atoms. The van der Waals surface area contributed by atoms with Crippen LogP contribution in [0.4, 0.5) is 0 Å². The fourth-order valence-electron chi connectivity index (χ4n) is 2.35. The molecule has 0 N–H and O–H groups in total. The van der Waals surface area contributed by atoms with Crippen molar-refractivity contribution in [2.45, 2.75) is 11.8 Å². The summed E-state index contributed by atoms with van der Waals surface area (Å²) in [6.07, 6.45) is 0.458. The van der Waals surface area contributed by atoms with E-state index in [1.807, 2.05) is 34.5 Å². The summed E-state index contributed by atoms with van der Waals surface area (Å²) < 4.78 is 0. The SMILES string of the molecule is O=C(Cc1cccs1)N1CCS[C@@H]1c1ccc(Cl)cc1Cl. The van der Waals surface area contributed by atoms with Gasteiger partial charge in [0, 0.05) is 32.8 Å². The van der Waals surface area contributed by atoms with Gasteiger partial charge in [0.05, 0.1) is 6.42 Å². The minimum absolute atomic E-state index is 0.0118. The van der Waals surface area contributed by atoms with Crippen molar-refractivity contribution in [3.8, 4) is 0 Å². The number of halogens is 2. The van der Waals surface area contributed by atoms with Gasteiger partial charge in [-0.3, -0.25) is 4.79 Å². The number of benzene rings is 1. The molecule has 0 radical (unpaired) electrons. The Morgan fingerprint density at radius 1 is 1.33 bits per heavy atom. The molecule has 2 aromatic rings. The normalized spacial score (nSPS) is 18.2. The molecule has 1 aromatic heterocycles. The van der Waals surface area contributed by atoms with Gasteiger partial charge in [-0.2, -0.15) is 0 Å². The molecule has 0 aliphatic carbocycles. The lowest BCUT2D eigenvalue weighted by Gasteiger charge is -2.24. The second kappa shape index (κ2) is 6.61. The van der Waals surface area contributed by atoms with Crippen molar-refractivity contribution in [2.24, 2.45) is 0 Å². The summed E-state index contributed by atoms with van der Waals surface area (Å²) in [5, 5.41) is 3.22. The first-order valence-corrected chi connectivity index (χ1v) is 9.22. The molecule has 1 aliphatic heterocycles. The Balaban J connectivity index is 1.80. The summed E-state index contributed by atoms with van der Waals surface area (Å²) in [6.45, 7) is 0.762. The van der Waals surface area contributed by atoms with E-state index in [9.17, 15) is 4.79 Å². The van der Waals surface area contributed by atoms with Gasteiger partial charge in [-0.1, -0.05) is 35.3 Å². The number of thioether (sulfide) groups is 1. The van der Waals surface area contributed by atoms with Crippen LogP contribution in [0.3, 0.4) is 0 Å². The summed E-state index contributed by atoms with van der Waals surface area (Å²) in [5.41, 5.74) is 0.961. The van der Waals surface area contributed by atoms with Gasteiger partial charge >= 0.3 is 0 Å². The van der Waals surface area contributed by atoms with Gasteiger partial charge in [-0.15, -0.1) is 23.1 Å². The zero-order chi connectivity index (χ0) is 14.8. The van der Waals surface area contributed by atoms with Crippen LogP contribution in [0.5, 0.6) is 0 Å². The highest BCUT2D eigenvalue weighted by Crippen LogP contribution is 2.41. The zero-order valence-corrected chi connectivity index (χ0v) is 14.2. The van der Waals surface area contributed by atoms with Gasteiger partial charge in [0.1, 0.15) is 5.37 Å². The van der Waals surface area contributed by atoms with Crippen molar-refractivity contribution in [3.05, 3.63) is 56.2 Å². The summed E-state index contributed by atoms with van der Waals surface area (Å²) >= 11 is 15.6. The molecule has 1 aromatic carbocycles. The number of nitrogens with zero attached hydrogens (tertiary/aromatic N) is 1. The maximum absolute atomic E-state index is 12.5. The quantitative estimate of drug-likeness (QED) is 0.780. The molecular formula is C15H13Cl2NOS2. The maximum atomic E-state index is 12.5. The predicted molar refractivity (Wildman–Crippen MR) is 91.4 cm³/mol. The lowest BCUT2D eigenvalue weighted by Crippen LogP contribution is -2.31. The molecule has 0 unspecified atom stereocenters. The van der Waals surface area contributed by atoms with E-state index in [1.54, 1.807) is 29.2 Å². The van der Waals surface area contributed by atoms with Crippen molar-refractivity contribution >= 4 is 52.2 Å². The average molecular weight is 358 g/mol. The average Bonchev–Trinajstić information content (AvgIpc) is 3.09. The molecule has 1 amide bonds. The highest BCUT2D eigenvalue weighted by molar-refractivity contribution is 7.99. The maximum Gasteiger partial charge on any atom is 0.229 e. The summed E-state index contributed by atoms with van der Waals surface area (Å²) in [5.74, 6) is 1.08. The van der Waals surface area contributed by atoms with Crippen LogP contribution >= 0.6 is 46.3 Å². The molecule has 3 rings (SSSR count). The van der Waals surface area contributed by atoms with Gasteiger partial charge < -0.3 is 4.90 Å². The second-order valence-electron chi connectivity index (χ2n) is 4.73. The molecule has 0 bridgehead atoms. The van der Waals surface area contributed by atoms with Gasteiger partial charge in [0.25, 0.3) is 0 Å². The fraction of sp³-hybridized carbons (Fsp3) is 0.267. The smallest absolute Gasteiger partial charge is 0.229 e. The van der Waals surface area contributed by atoms with Crippen LogP contribution in [0.25, 0.3) is 0 Å². The molecule has 1 fully saturated rings. The van der Waals surface area contributed by atoms with Crippen LogP contribution in [0, 0.1) is 0 Å². The van der Waals surface area contributed by atoms with Crippen LogP contribution in [0.15, 0.2) is 35.7 Å². The highest BCUT2D eigenvalue weighted by atomic mass is 35.5. The molecule has 1 aliphatic rings. The first kappa shape index (κ1) is 15.2. The fourth-order valence-corrected chi connectivity index (χ4v) is 4.93. The van der Waals surface area contributed by atoms with Crippen molar-refractivity contribution in [2.75, 3.05) is 12.3 Å². The minimum atomic E-state index is -0.0118. The minimum Gasteiger partial charge on any atom is -0.325 e. The predicted octanol–water partition coefficient (Wildman–Crippen LogP) is 4.87.